The molecule has 0 saturated carbocycles. The van der Waals surface area contributed by atoms with Crippen molar-refractivity contribution in [1.29, 1.82) is 0 Å². The quantitative estimate of drug-likeness (QED) is 0.442. The monoisotopic (exact) mass is 452 g/mol. The third-order valence-electron chi connectivity index (χ3n) is 5.05. The topological polar surface area (TPSA) is 96.4 Å². The summed E-state index contributed by atoms with van der Waals surface area (Å²) < 4.78 is 6.54. The highest BCUT2D eigenvalue weighted by Gasteiger charge is 2.34. The molecule has 3 aromatic rings. The van der Waals surface area contributed by atoms with Crippen molar-refractivity contribution in [2.75, 3.05) is 7.11 Å². The molecular weight excluding hydrogens is 432 g/mol. The lowest BCUT2D eigenvalue weighted by molar-refractivity contribution is -0.123. The zero-order valence-electron chi connectivity index (χ0n) is 17.5. The van der Waals surface area contributed by atoms with Crippen LogP contribution >= 0.6 is 11.6 Å². The Labute approximate surface area is 189 Å². The number of hydrogen-bond acceptors (Lipinski definition) is 4. The molecule has 0 aliphatic carbocycles. The number of amides is 3. The van der Waals surface area contributed by atoms with Crippen LogP contribution in [0.2, 0.25) is 5.02 Å². The van der Waals surface area contributed by atoms with Gasteiger partial charge in [0.25, 0.3) is 11.5 Å². The average molecular weight is 453 g/mol. The number of nitrogens with zero attached hydrogens (tertiary/aromatic N) is 2. The standard InChI is InChI=1S/C23H21ClN4O4/c1-14-4-3-5-15(10-14)12-27-22(30)19(25-23(27)31)11-18-20(13-32-2)26-28(21(18)29)17-8-6-16(24)7-9-17/h3-11,26H,12-13H2,1-2H3,(H,25,31). The highest BCUT2D eigenvalue weighted by molar-refractivity contribution is 6.30. The summed E-state index contributed by atoms with van der Waals surface area (Å²) in [6.07, 6.45) is 1.39. The van der Waals surface area contributed by atoms with E-state index >= 15 is 0 Å². The molecule has 1 saturated heterocycles. The Morgan fingerprint density at radius 2 is 1.84 bits per heavy atom. The molecule has 1 fully saturated rings. The van der Waals surface area contributed by atoms with Crippen molar-refractivity contribution in [1.82, 2.24) is 20.0 Å². The van der Waals surface area contributed by atoms with Crippen LogP contribution in [0.5, 0.6) is 0 Å². The van der Waals surface area contributed by atoms with Crippen LogP contribution in [-0.2, 0) is 22.7 Å². The zero-order chi connectivity index (χ0) is 22.8. The predicted molar refractivity (Wildman–Crippen MR) is 120 cm³/mol. The Morgan fingerprint density at radius 1 is 1.09 bits per heavy atom. The van der Waals surface area contributed by atoms with Gasteiger partial charge in [0.1, 0.15) is 5.70 Å². The molecule has 2 heterocycles. The zero-order valence-corrected chi connectivity index (χ0v) is 18.3. The van der Waals surface area contributed by atoms with Gasteiger partial charge in [-0.05, 0) is 42.8 Å². The summed E-state index contributed by atoms with van der Waals surface area (Å²) in [5.74, 6) is -0.501. The summed E-state index contributed by atoms with van der Waals surface area (Å²) in [4.78, 5) is 39.6. The van der Waals surface area contributed by atoms with E-state index in [9.17, 15) is 14.4 Å². The van der Waals surface area contributed by atoms with E-state index in [2.05, 4.69) is 10.4 Å². The predicted octanol–water partition coefficient (Wildman–Crippen LogP) is 3.37. The van der Waals surface area contributed by atoms with Gasteiger partial charge in [0, 0.05) is 12.1 Å². The van der Waals surface area contributed by atoms with Gasteiger partial charge in [0.2, 0.25) is 0 Å². The van der Waals surface area contributed by atoms with Gasteiger partial charge in [0.15, 0.2) is 0 Å². The Morgan fingerprint density at radius 3 is 2.53 bits per heavy atom. The van der Waals surface area contributed by atoms with Crippen LogP contribution in [0, 0.1) is 6.92 Å². The number of aromatic amines is 1. The fourth-order valence-electron chi connectivity index (χ4n) is 3.52. The smallest absolute Gasteiger partial charge is 0.329 e. The first-order valence-corrected chi connectivity index (χ1v) is 10.2. The van der Waals surface area contributed by atoms with E-state index < -0.39 is 11.9 Å². The van der Waals surface area contributed by atoms with Crippen LogP contribution in [-0.4, -0.2) is 33.7 Å². The largest absolute Gasteiger partial charge is 0.378 e. The molecule has 1 aliphatic heterocycles. The lowest BCUT2D eigenvalue weighted by atomic mass is 10.1. The lowest BCUT2D eigenvalue weighted by Crippen LogP contribution is -2.30. The number of H-pyrrole nitrogens is 1. The first-order chi connectivity index (χ1) is 15.4. The number of ether oxygens (including phenoxy) is 1. The van der Waals surface area contributed by atoms with Crippen LogP contribution in [0.25, 0.3) is 11.8 Å². The number of rotatable bonds is 6. The van der Waals surface area contributed by atoms with Crippen LogP contribution in [0.1, 0.15) is 22.4 Å². The van der Waals surface area contributed by atoms with Crippen molar-refractivity contribution in [3.8, 4) is 5.69 Å². The number of nitrogens with one attached hydrogen (secondary N) is 2. The highest BCUT2D eigenvalue weighted by atomic mass is 35.5. The molecule has 3 amide bonds. The van der Waals surface area contributed by atoms with E-state index in [1.54, 1.807) is 24.3 Å². The number of urea groups is 1. The maximum atomic E-state index is 13.1. The number of imide groups is 1. The second kappa shape index (κ2) is 8.86. The maximum absolute atomic E-state index is 13.1. The molecule has 0 spiro atoms. The minimum Gasteiger partial charge on any atom is -0.378 e. The molecule has 2 aromatic carbocycles. The van der Waals surface area contributed by atoms with Gasteiger partial charge in [-0.1, -0.05) is 41.4 Å². The molecule has 0 bridgehead atoms. The molecule has 2 N–H and O–H groups in total. The second-order valence-electron chi connectivity index (χ2n) is 7.42. The average Bonchev–Trinajstić information content (AvgIpc) is 3.20. The number of hydrogen-bond donors (Lipinski definition) is 2. The molecule has 0 radical (unpaired) electrons. The summed E-state index contributed by atoms with van der Waals surface area (Å²) in [7, 11) is 1.50. The Kier molecular flexibility index (Phi) is 5.98. The minimum atomic E-state index is -0.537. The molecule has 0 atom stereocenters. The van der Waals surface area contributed by atoms with Crippen molar-refractivity contribution < 1.29 is 14.3 Å². The van der Waals surface area contributed by atoms with Gasteiger partial charge in [-0.25, -0.2) is 9.48 Å². The lowest BCUT2D eigenvalue weighted by Gasteiger charge is -2.12. The van der Waals surface area contributed by atoms with E-state index in [1.807, 2.05) is 31.2 Å². The molecule has 164 valence electrons. The summed E-state index contributed by atoms with van der Waals surface area (Å²) in [6.45, 7) is 2.19. The normalized spacial score (nSPS) is 15.0. The summed E-state index contributed by atoms with van der Waals surface area (Å²) in [5, 5.41) is 6.11. The summed E-state index contributed by atoms with van der Waals surface area (Å²) in [6, 6.07) is 13.8. The first kappa shape index (κ1) is 21.6. The Balaban J connectivity index is 1.68. The minimum absolute atomic E-state index is 0.0272. The fourth-order valence-corrected chi connectivity index (χ4v) is 3.65. The van der Waals surface area contributed by atoms with Crippen molar-refractivity contribution in [2.45, 2.75) is 20.1 Å². The van der Waals surface area contributed by atoms with Crippen LogP contribution in [0.4, 0.5) is 4.79 Å². The number of methoxy groups -OCH3 is 1. The Bertz CT molecular complexity index is 1270. The molecular formula is C23H21ClN4O4. The summed E-state index contributed by atoms with van der Waals surface area (Å²) in [5.41, 5.74) is 2.78. The van der Waals surface area contributed by atoms with Gasteiger partial charge in [0.05, 0.1) is 30.1 Å². The van der Waals surface area contributed by atoms with Crippen molar-refractivity contribution in [3.05, 3.63) is 92.0 Å². The number of carbonyl (C=O) groups is 2. The second-order valence-corrected chi connectivity index (χ2v) is 7.86. The van der Waals surface area contributed by atoms with E-state index in [0.29, 0.717) is 16.4 Å². The summed E-state index contributed by atoms with van der Waals surface area (Å²) >= 11 is 5.94. The third kappa shape index (κ3) is 4.23. The number of halogens is 1. The van der Waals surface area contributed by atoms with Gasteiger partial charge in [-0.15, -0.1) is 0 Å². The van der Waals surface area contributed by atoms with Crippen LogP contribution < -0.4 is 10.9 Å². The highest BCUT2D eigenvalue weighted by Crippen LogP contribution is 2.19. The van der Waals surface area contributed by atoms with Gasteiger partial charge < -0.3 is 10.1 Å². The Hall–Kier alpha value is -3.62. The van der Waals surface area contributed by atoms with E-state index in [-0.39, 0.29) is 30.0 Å². The van der Waals surface area contributed by atoms with Crippen molar-refractivity contribution in [3.63, 3.8) is 0 Å². The third-order valence-corrected chi connectivity index (χ3v) is 5.31. The molecule has 1 aromatic heterocycles. The number of benzene rings is 2. The van der Waals surface area contributed by atoms with Crippen LogP contribution in [0.15, 0.2) is 59.0 Å². The van der Waals surface area contributed by atoms with Gasteiger partial charge in [-0.2, -0.15) is 0 Å². The van der Waals surface area contributed by atoms with Gasteiger partial charge >= 0.3 is 6.03 Å². The maximum Gasteiger partial charge on any atom is 0.329 e. The number of carbonyl (C=O) groups excluding carboxylic acids is 2. The molecule has 9 heteroatoms. The number of aryl methyl sites for hydroxylation is 1. The molecule has 8 nitrogen and oxygen atoms in total. The first-order valence-electron chi connectivity index (χ1n) is 9.86. The fraction of sp³-hybridized carbons (Fsp3) is 0.174. The van der Waals surface area contributed by atoms with Gasteiger partial charge in [-0.3, -0.25) is 19.6 Å². The number of aromatic nitrogens is 2. The van der Waals surface area contributed by atoms with E-state index in [1.165, 1.54) is 17.9 Å². The molecule has 0 unspecified atom stereocenters. The SMILES string of the molecule is COCc1[nH]n(-c2ccc(Cl)cc2)c(=O)c1C=C1NC(=O)N(Cc2cccc(C)c2)C1=O. The van der Waals surface area contributed by atoms with Crippen molar-refractivity contribution in [2.24, 2.45) is 0 Å². The van der Waals surface area contributed by atoms with E-state index in [0.717, 1.165) is 16.0 Å². The molecule has 32 heavy (non-hydrogen) atoms. The van der Waals surface area contributed by atoms with Crippen LogP contribution in [0.3, 0.4) is 0 Å². The van der Waals surface area contributed by atoms with Crippen molar-refractivity contribution >= 4 is 29.6 Å². The van der Waals surface area contributed by atoms with E-state index in [4.69, 9.17) is 16.3 Å². The molecule has 4 rings (SSSR count). The molecule has 1 aliphatic rings.